The maximum atomic E-state index is 14.3. The van der Waals surface area contributed by atoms with Gasteiger partial charge in [0.15, 0.2) is 14.5 Å². The minimum Gasteiger partial charge on any atom is -0.497 e. The Labute approximate surface area is 361 Å². The molecule has 12 heteroatoms. The normalized spacial score (nSPS) is 17.3. The number of methoxy groups -OCH3 is 2. The fourth-order valence-electron chi connectivity index (χ4n) is 9.01. The summed E-state index contributed by atoms with van der Waals surface area (Å²) in [5.41, 5.74) is 1.39. The fraction of sp³-hybridized carbons (Fsp3) is 0.429. The number of benzene rings is 4. The zero-order valence-electron chi connectivity index (χ0n) is 37.1. The van der Waals surface area contributed by atoms with Crippen LogP contribution in [0, 0.1) is 6.92 Å². The molecular formula is C49H62N2O9Si. The Morgan fingerprint density at radius 2 is 1.26 bits per heavy atom. The predicted octanol–water partition coefficient (Wildman–Crippen LogP) is 8.99. The molecule has 2 heterocycles. The van der Waals surface area contributed by atoms with Crippen LogP contribution in [0.1, 0.15) is 75.6 Å². The lowest BCUT2D eigenvalue weighted by molar-refractivity contribution is -0.260. The van der Waals surface area contributed by atoms with Gasteiger partial charge in [0, 0.05) is 11.8 Å². The van der Waals surface area contributed by atoms with Gasteiger partial charge < -0.3 is 32.8 Å². The van der Waals surface area contributed by atoms with Gasteiger partial charge >= 0.3 is 5.69 Å². The maximum Gasteiger partial charge on any atom is 0.335 e. The smallest absolute Gasteiger partial charge is 0.335 e. The first kappa shape index (κ1) is 45.7. The lowest BCUT2D eigenvalue weighted by atomic mass is 9.79. The second-order valence-corrected chi connectivity index (χ2v) is 22.3. The Bertz CT molecular complexity index is 2210. The molecular weight excluding hydrogens is 789 g/mol. The predicted molar refractivity (Wildman–Crippen MR) is 240 cm³/mol. The van der Waals surface area contributed by atoms with Crippen LogP contribution >= 0.6 is 0 Å². The van der Waals surface area contributed by atoms with Crippen LogP contribution in [-0.2, 0) is 42.3 Å². The van der Waals surface area contributed by atoms with Crippen molar-refractivity contribution < 1.29 is 32.8 Å². The molecule has 326 valence electrons. The van der Waals surface area contributed by atoms with Gasteiger partial charge in [-0.15, -0.1) is 0 Å². The molecule has 0 N–H and O–H groups in total. The second kappa shape index (κ2) is 19.9. The largest absolute Gasteiger partial charge is 0.497 e. The van der Waals surface area contributed by atoms with E-state index in [2.05, 4.69) is 53.7 Å². The summed E-state index contributed by atoms with van der Waals surface area (Å²) in [4.78, 5) is 27.7. The molecule has 61 heavy (non-hydrogen) atoms. The highest BCUT2D eigenvalue weighted by Gasteiger charge is 2.50. The van der Waals surface area contributed by atoms with E-state index in [0.717, 1.165) is 26.8 Å². The molecule has 5 aromatic rings. The molecule has 1 aliphatic rings. The van der Waals surface area contributed by atoms with E-state index in [4.69, 9.17) is 32.8 Å². The topological polar surface area (TPSA) is 109 Å². The summed E-state index contributed by atoms with van der Waals surface area (Å²) < 4.78 is 48.1. The van der Waals surface area contributed by atoms with E-state index in [1.165, 1.54) is 4.57 Å². The molecule has 6 rings (SSSR count). The number of hydrogen-bond acceptors (Lipinski definition) is 9. The van der Waals surface area contributed by atoms with Crippen LogP contribution in [0.15, 0.2) is 125 Å². The van der Waals surface area contributed by atoms with Crippen LogP contribution in [0.2, 0.25) is 16.6 Å². The zero-order valence-corrected chi connectivity index (χ0v) is 38.1. The number of nitrogens with zero attached hydrogens (tertiary/aromatic N) is 2. The van der Waals surface area contributed by atoms with Gasteiger partial charge in [-0.05, 0) is 70.1 Å². The highest BCUT2D eigenvalue weighted by atomic mass is 28.4. The van der Waals surface area contributed by atoms with Crippen LogP contribution < -0.4 is 20.7 Å². The van der Waals surface area contributed by atoms with E-state index < -0.39 is 37.0 Å². The Morgan fingerprint density at radius 1 is 0.738 bits per heavy atom. The third kappa shape index (κ3) is 9.65. The summed E-state index contributed by atoms with van der Waals surface area (Å²) in [6, 6.07) is 35.5. The molecule has 0 unspecified atom stereocenters. The molecule has 1 fully saturated rings. The fourth-order valence-corrected chi connectivity index (χ4v) is 14.5. The lowest BCUT2D eigenvalue weighted by Gasteiger charge is -2.48. The van der Waals surface area contributed by atoms with Crippen molar-refractivity contribution in [2.75, 3.05) is 40.6 Å². The zero-order chi connectivity index (χ0) is 43.8. The molecule has 2 atom stereocenters. The quantitative estimate of drug-likeness (QED) is 0.0595. The Kier molecular flexibility index (Phi) is 14.9. The first-order chi connectivity index (χ1) is 29.3. The number of aryl methyl sites for hydroxylation is 1. The van der Waals surface area contributed by atoms with Crippen LogP contribution in [0.5, 0.6) is 11.5 Å². The molecule has 1 aliphatic heterocycles. The summed E-state index contributed by atoms with van der Waals surface area (Å²) in [7, 11) is 0.812. The van der Waals surface area contributed by atoms with E-state index in [-0.39, 0.29) is 56.4 Å². The van der Waals surface area contributed by atoms with E-state index in [1.807, 2.05) is 97.1 Å². The minimum absolute atomic E-state index is 0.00275. The molecule has 1 saturated heterocycles. The first-order valence-corrected chi connectivity index (χ1v) is 23.3. The molecule has 11 nitrogen and oxygen atoms in total. The molecule has 0 radical (unpaired) electrons. The number of aromatic nitrogens is 2. The monoisotopic (exact) mass is 850 g/mol. The van der Waals surface area contributed by atoms with Crippen LogP contribution in [-0.4, -0.2) is 63.7 Å². The average Bonchev–Trinajstić information content (AvgIpc) is 3.27. The standard InChI is InChI=1S/C49H62N2O9Si/c1-35(2)61(36(3)4,37(5)6)59-33-48(31-56-30-45(60-48)50-28-38(7)46(52)51(47(50)53)34-57-29-39-16-12-10-13-17-39)32-58-49(40-18-14-11-15-19-40,41-20-24-43(54-8)25-21-41)42-22-26-44(55-9)27-23-42/h10-28,35-37,45H,29-34H2,1-9H3/t45-,48+/m1/s1. The Morgan fingerprint density at radius 3 is 1.79 bits per heavy atom. The molecule has 0 bridgehead atoms. The van der Waals surface area contributed by atoms with Crippen LogP contribution in [0.4, 0.5) is 0 Å². The third-order valence-corrected chi connectivity index (χ3v) is 18.1. The van der Waals surface area contributed by atoms with Crippen molar-refractivity contribution in [3.05, 3.63) is 164 Å². The van der Waals surface area contributed by atoms with Crippen molar-refractivity contribution in [1.29, 1.82) is 0 Å². The first-order valence-electron chi connectivity index (χ1n) is 21.1. The van der Waals surface area contributed by atoms with Crippen molar-refractivity contribution in [3.63, 3.8) is 0 Å². The van der Waals surface area contributed by atoms with Crippen molar-refractivity contribution in [3.8, 4) is 11.5 Å². The average molecular weight is 851 g/mol. The van der Waals surface area contributed by atoms with Gasteiger partial charge in [-0.1, -0.05) is 126 Å². The summed E-state index contributed by atoms with van der Waals surface area (Å²) in [5.74, 6) is 1.42. The van der Waals surface area contributed by atoms with Gasteiger partial charge in [0.25, 0.3) is 5.56 Å². The summed E-state index contributed by atoms with van der Waals surface area (Å²) >= 11 is 0. The Hall–Kier alpha value is -4.82. The summed E-state index contributed by atoms with van der Waals surface area (Å²) in [6.45, 7) is 15.5. The van der Waals surface area contributed by atoms with E-state index >= 15 is 0 Å². The summed E-state index contributed by atoms with van der Waals surface area (Å²) in [6.07, 6.45) is 0.622. The van der Waals surface area contributed by atoms with Crippen molar-refractivity contribution in [2.45, 2.75) is 95.9 Å². The summed E-state index contributed by atoms with van der Waals surface area (Å²) in [5, 5.41) is 0. The van der Waals surface area contributed by atoms with Crippen molar-refractivity contribution in [1.82, 2.24) is 9.13 Å². The number of hydrogen-bond donors (Lipinski definition) is 0. The number of ether oxygens (including phenoxy) is 6. The molecule has 0 saturated carbocycles. The lowest BCUT2D eigenvalue weighted by Crippen LogP contribution is -2.59. The Balaban J connectivity index is 1.46. The van der Waals surface area contributed by atoms with Gasteiger partial charge in [-0.2, -0.15) is 0 Å². The highest BCUT2D eigenvalue weighted by molar-refractivity contribution is 6.77. The molecule has 4 aromatic carbocycles. The molecule has 0 spiro atoms. The van der Waals surface area contributed by atoms with E-state index in [0.29, 0.717) is 17.1 Å². The van der Waals surface area contributed by atoms with Gasteiger partial charge in [-0.25, -0.2) is 9.36 Å². The second-order valence-electron chi connectivity index (χ2n) is 16.9. The molecule has 0 aliphatic carbocycles. The van der Waals surface area contributed by atoms with Crippen LogP contribution in [0.25, 0.3) is 0 Å². The third-order valence-electron chi connectivity index (χ3n) is 12.0. The van der Waals surface area contributed by atoms with E-state index in [1.54, 1.807) is 27.3 Å². The SMILES string of the molecule is COc1ccc(C(OC[C@]2(CO[Si](C(C)C)(C(C)C)C(C)C)COC[C@H](n3cc(C)c(=O)n(COCc4ccccc4)c3=O)O2)(c2ccccc2)c2ccc(OC)cc2)cc1. The van der Waals surface area contributed by atoms with Crippen LogP contribution in [0.3, 0.4) is 0 Å². The van der Waals surface area contributed by atoms with Gasteiger partial charge in [0.05, 0.1) is 47.3 Å². The highest BCUT2D eigenvalue weighted by Crippen LogP contribution is 2.46. The molecule has 0 amide bonds. The molecule has 1 aromatic heterocycles. The van der Waals surface area contributed by atoms with Crippen molar-refractivity contribution in [2.24, 2.45) is 0 Å². The van der Waals surface area contributed by atoms with Gasteiger partial charge in [0.1, 0.15) is 29.4 Å². The van der Waals surface area contributed by atoms with Gasteiger partial charge in [-0.3, -0.25) is 9.36 Å². The minimum atomic E-state index is -2.48. The van der Waals surface area contributed by atoms with Gasteiger partial charge in [0.2, 0.25) is 0 Å². The van der Waals surface area contributed by atoms with Crippen molar-refractivity contribution >= 4 is 8.32 Å². The van der Waals surface area contributed by atoms with E-state index in [9.17, 15) is 9.59 Å². The number of rotatable bonds is 19. The maximum absolute atomic E-state index is 14.3.